The molecule has 0 aliphatic heterocycles. The molecule has 1 aromatic rings. The molecule has 2 bridgehead atoms. The lowest BCUT2D eigenvalue weighted by Gasteiger charge is -2.17. The summed E-state index contributed by atoms with van der Waals surface area (Å²) in [5.74, 6) is 1.80. The molecular weight excluding hydrogens is 202 g/mol. The van der Waals surface area contributed by atoms with Crippen LogP contribution in [0.3, 0.4) is 0 Å². The first kappa shape index (κ1) is 9.58. The largest absolute Gasteiger partial charge is 0.269 e. The second-order valence-electron chi connectivity index (χ2n) is 4.74. The third-order valence-electron chi connectivity index (χ3n) is 3.79. The van der Waals surface area contributed by atoms with Crippen LogP contribution < -0.4 is 0 Å². The molecular formula is C13H13NO2. The Hall–Kier alpha value is -1.64. The Morgan fingerprint density at radius 3 is 2.75 bits per heavy atom. The minimum Gasteiger partial charge on any atom is -0.258 e. The van der Waals surface area contributed by atoms with E-state index >= 15 is 0 Å². The Morgan fingerprint density at radius 2 is 2.12 bits per heavy atom. The Balaban J connectivity index is 1.92. The number of nitro benzene ring substituents is 1. The Kier molecular flexibility index (Phi) is 2.06. The van der Waals surface area contributed by atoms with E-state index in [0.29, 0.717) is 17.8 Å². The van der Waals surface area contributed by atoms with Gasteiger partial charge in [0.25, 0.3) is 5.69 Å². The van der Waals surface area contributed by atoms with Crippen molar-refractivity contribution in [1.29, 1.82) is 0 Å². The van der Waals surface area contributed by atoms with Crippen molar-refractivity contribution >= 4 is 5.69 Å². The fourth-order valence-corrected chi connectivity index (χ4v) is 3.03. The highest BCUT2D eigenvalue weighted by Crippen LogP contribution is 2.48. The van der Waals surface area contributed by atoms with Crippen LogP contribution in [0.25, 0.3) is 0 Å². The van der Waals surface area contributed by atoms with Crippen molar-refractivity contribution < 1.29 is 4.92 Å². The summed E-state index contributed by atoms with van der Waals surface area (Å²) in [5, 5.41) is 10.7. The standard InChI is InChI=1S/C13H13NO2/c15-14(16)12-3-1-2-10(8-12)13-7-9-4-5-11(13)6-9/h1-5,8-9,11,13H,6-7H2. The molecule has 1 fully saturated rings. The third-order valence-corrected chi connectivity index (χ3v) is 3.79. The Labute approximate surface area is 93.9 Å². The fourth-order valence-electron chi connectivity index (χ4n) is 3.03. The van der Waals surface area contributed by atoms with Crippen molar-refractivity contribution in [2.75, 3.05) is 0 Å². The SMILES string of the molecule is O=[N+]([O-])c1cccc(C2CC3C=CC2C3)c1. The lowest BCUT2D eigenvalue weighted by atomic mass is 9.87. The van der Waals surface area contributed by atoms with Crippen molar-refractivity contribution in [3.8, 4) is 0 Å². The van der Waals surface area contributed by atoms with Crippen LogP contribution in [0.5, 0.6) is 0 Å². The fraction of sp³-hybridized carbons (Fsp3) is 0.385. The van der Waals surface area contributed by atoms with E-state index in [0.717, 1.165) is 12.0 Å². The van der Waals surface area contributed by atoms with Crippen molar-refractivity contribution in [1.82, 2.24) is 0 Å². The van der Waals surface area contributed by atoms with Gasteiger partial charge in [0, 0.05) is 12.1 Å². The van der Waals surface area contributed by atoms with Gasteiger partial charge in [0.15, 0.2) is 0 Å². The minimum atomic E-state index is -0.313. The third kappa shape index (κ3) is 1.43. The van der Waals surface area contributed by atoms with Crippen LogP contribution in [-0.2, 0) is 0 Å². The summed E-state index contributed by atoms with van der Waals surface area (Å²) < 4.78 is 0. The number of hydrogen-bond donors (Lipinski definition) is 0. The molecule has 3 heteroatoms. The first-order chi connectivity index (χ1) is 7.74. The topological polar surface area (TPSA) is 43.1 Å². The summed E-state index contributed by atoms with van der Waals surface area (Å²) in [7, 11) is 0. The second kappa shape index (κ2) is 3.44. The van der Waals surface area contributed by atoms with Gasteiger partial charge >= 0.3 is 0 Å². The van der Waals surface area contributed by atoms with Gasteiger partial charge in [-0.15, -0.1) is 0 Å². The van der Waals surface area contributed by atoms with E-state index in [1.54, 1.807) is 18.2 Å². The van der Waals surface area contributed by atoms with E-state index in [1.165, 1.54) is 6.42 Å². The second-order valence-corrected chi connectivity index (χ2v) is 4.74. The average Bonchev–Trinajstić information content (AvgIpc) is 2.91. The Morgan fingerprint density at radius 1 is 1.25 bits per heavy atom. The summed E-state index contributed by atoms with van der Waals surface area (Å²) in [6.07, 6.45) is 6.95. The molecule has 2 aliphatic rings. The van der Waals surface area contributed by atoms with Gasteiger partial charge in [-0.1, -0.05) is 24.3 Å². The normalized spacial score (nSPS) is 30.9. The maximum absolute atomic E-state index is 10.7. The molecule has 1 aromatic carbocycles. The monoisotopic (exact) mass is 215 g/mol. The molecule has 0 saturated heterocycles. The van der Waals surface area contributed by atoms with E-state index in [4.69, 9.17) is 0 Å². The maximum atomic E-state index is 10.7. The van der Waals surface area contributed by atoms with Crippen LogP contribution in [0, 0.1) is 22.0 Å². The smallest absolute Gasteiger partial charge is 0.258 e. The molecule has 0 heterocycles. The molecule has 0 N–H and O–H groups in total. The zero-order chi connectivity index (χ0) is 11.1. The molecule has 16 heavy (non-hydrogen) atoms. The average molecular weight is 215 g/mol. The van der Waals surface area contributed by atoms with Crippen LogP contribution in [0.4, 0.5) is 5.69 Å². The van der Waals surface area contributed by atoms with E-state index in [9.17, 15) is 10.1 Å². The van der Waals surface area contributed by atoms with Crippen LogP contribution in [0.1, 0.15) is 24.3 Å². The van der Waals surface area contributed by atoms with E-state index in [-0.39, 0.29) is 10.6 Å². The summed E-state index contributed by atoms with van der Waals surface area (Å²) in [6, 6.07) is 7.11. The highest BCUT2D eigenvalue weighted by Gasteiger charge is 2.36. The molecule has 0 aromatic heterocycles. The van der Waals surface area contributed by atoms with Gasteiger partial charge in [-0.3, -0.25) is 10.1 Å². The zero-order valence-corrected chi connectivity index (χ0v) is 8.87. The number of benzene rings is 1. The number of allylic oxidation sites excluding steroid dienone is 2. The van der Waals surface area contributed by atoms with Crippen LogP contribution >= 0.6 is 0 Å². The van der Waals surface area contributed by atoms with Crippen LogP contribution in [0.15, 0.2) is 36.4 Å². The van der Waals surface area contributed by atoms with Gasteiger partial charge < -0.3 is 0 Å². The first-order valence-corrected chi connectivity index (χ1v) is 5.67. The van der Waals surface area contributed by atoms with E-state index in [1.807, 2.05) is 6.07 Å². The predicted molar refractivity (Wildman–Crippen MR) is 61.2 cm³/mol. The van der Waals surface area contributed by atoms with Gasteiger partial charge in [0.2, 0.25) is 0 Å². The molecule has 1 saturated carbocycles. The number of fused-ring (bicyclic) bond motifs is 2. The molecule has 82 valence electrons. The Bertz CT molecular complexity index is 467. The van der Waals surface area contributed by atoms with Gasteiger partial charge in [-0.2, -0.15) is 0 Å². The first-order valence-electron chi connectivity index (χ1n) is 5.67. The van der Waals surface area contributed by atoms with Crippen LogP contribution in [-0.4, -0.2) is 4.92 Å². The molecule has 3 nitrogen and oxygen atoms in total. The molecule has 0 amide bonds. The summed E-state index contributed by atoms with van der Waals surface area (Å²) in [4.78, 5) is 10.4. The number of hydrogen-bond acceptors (Lipinski definition) is 2. The van der Waals surface area contributed by atoms with Crippen LogP contribution in [0.2, 0.25) is 0 Å². The van der Waals surface area contributed by atoms with Gasteiger partial charge in [-0.25, -0.2) is 0 Å². The quantitative estimate of drug-likeness (QED) is 0.431. The number of rotatable bonds is 2. The predicted octanol–water partition coefficient (Wildman–Crippen LogP) is 3.27. The lowest BCUT2D eigenvalue weighted by molar-refractivity contribution is -0.384. The van der Waals surface area contributed by atoms with Crippen molar-refractivity contribution in [2.45, 2.75) is 18.8 Å². The zero-order valence-electron chi connectivity index (χ0n) is 8.87. The van der Waals surface area contributed by atoms with Gasteiger partial charge in [0.05, 0.1) is 4.92 Å². The van der Waals surface area contributed by atoms with E-state index in [2.05, 4.69) is 12.2 Å². The molecule has 3 atom stereocenters. The number of nitro groups is 1. The molecule has 0 radical (unpaired) electrons. The summed E-state index contributed by atoms with van der Waals surface area (Å²) in [6.45, 7) is 0. The van der Waals surface area contributed by atoms with Gasteiger partial charge in [0.1, 0.15) is 0 Å². The lowest BCUT2D eigenvalue weighted by Crippen LogP contribution is -2.05. The molecule has 3 rings (SSSR count). The highest BCUT2D eigenvalue weighted by atomic mass is 16.6. The molecule has 3 unspecified atom stereocenters. The summed E-state index contributed by atoms with van der Waals surface area (Å²) >= 11 is 0. The van der Waals surface area contributed by atoms with E-state index < -0.39 is 0 Å². The van der Waals surface area contributed by atoms with Gasteiger partial charge in [-0.05, 0) is 36.2 Å². The molecule has 2 aliphatic carbocycles. The van der Waals surface area contributed by atoms with Crippen molar-refractivity contribution in [3.63, 3.8) is 0 Å². The maximum Gasteiger partial charge on any atom is 0.269 e. The minimum absolute atomic E-state index is 0.212. The van der Waals surface area contributed by atoms with Crippen molar-refractivity contribution in [2.24, 2.45) is 11.8 Å². The number of nitrogens with zero attached hydrogens (tertiary/aromatic N) is 1. The van der Waals surface area contributed by atoms with Crippen molar-refractivity contribution in [3.05, 3.63) is 52.1 Å². The molecule has 0 spiro atoms. The highest BCUT2D eigenvalue weighted by molar-refractivity contribution is 5.38. The summed E-state index contributed by atoms with van der Waals surface area (Å²) in [5.41, 5.74) is 1.34. The number of non-ortho nitro benzene ring substituents is 1.